The third kappa shape index (κ3) is 2.88. The third-order valence-corrected chi connectivity index (χ3v) is 4.22. The van der Waals surface area contributed by atoms with Crippen LogP contribution in [0.2, 0.25) is 0 Å². The lowest BCUT2D eigenvalue weighted by atomic mass is 10.1. The first kappa shape index (κ1) is 14.8. The Morgan fingerprint density at radius 3 is 3.08 bits per heavy atom. The second-order valence-corrected chi connectivity index (χ2v) is 5.92. The monoisotopic (exact) mass is 327 g/mol. The second kappa shape index (κ2) is 6.41. The molecule has 0 unspecified atom stereocenters. The zero-order chi connectivity index (χ0) is 16.4. The first-order chi connectivity index (χ1) is 11.8. The molecule has 1 aliphatic rings. The van der Waals surface area contributed by atoms with Crippen molar-refractivity contribution in [1.29, 1.82) is 0 Å². The molecule has 0 spiro atoms. The van der Waals surface area contributed by atoms with E-state index in [2.05, 4.69) is 32.8 Å². The lowest BCUT2D eigenvalue weighted by Crippen LogP contribution is -2.23. The van der Waals surface area contributed by atoms with Crippen LogP contribution in [0.1, 0.15) is 27.6 Å². The van der Waals surface area contributed by atoms with E-state index in [9.17, 15) is 4.79 Å². The van der Waals surface area contributed by atoms with Crippen molar-refractivity contribution in [1.82, 2.24) is 19.9 Å². The Hall–Kier alpha value is -2.73. The van der Waals surface area contributed by atoms with Crippen LogP contribution in [0.3, 0.4) is 0 Å². The van der Waals surface area contributed by atoms with Gasteiger partial charge >= 0.3 is 0 Å². The van der Waals surface area contributed by atoms with Crippen molar-refractivity contribution in [2.45, 2.75) is 12.8 Å². The number of Topliss-reactive ketones (excluding diaryl/α,β-unsaturated/α-hetero) is 1. The Balaban J connectivity index is 0.00000121. The molecular formula is C18H25N5O. The molecule has 0 fully saturated rings. The lowest BCUT2D eigenvalue weighted by Gasteiger charge is -2.08. The summed E-state index contributed by atoms with van der Waals surface area (Å²) in [5, 5.41) is 11.1. The molecule has 2 N–H and O–H groups in total. The Morgan fingerprint density at radius 2 is 2.12 bits per heavy atom. The minimum atomic E-state index is 0. The van der Waals surface area contributed by atoms with E-state index in [-0.39, 0.29) is 10.1 Å². The van der Waals surface area contributed by atoms with Gasteiger partial charge < -0.3 is 10.6 Å². The average molecular weight is 327 g/mol. The fraction of sp³-hybridized carbons (Fsp3) is 0.278. The number of nitrogens with zero attached hydrogens (tertiary/aromatic N) is 3. The fourth-order valence-electron chi connectivity index (χ4n) is 2.95. The summed E-state index contributed by atoms with van der Waals surface area (Å²) in [5.74, 6) is 0.0770. The molecule has 1 aromatic carbocycles. The van der Waals surface area contributed by atoms with Crippen LogP contribution in [0, 0.1) is 0 Å². The van der Waals surface area contributed by atoms with E-state index in [0.29, 0.717) is 17.8 Å². The molecule has 6 nitrogen and oxygen atoms in total. The summed E-state index contributed by atoms with van der Waals surface area (Å²) in [4.78, 5) is 16.9. The molecule has 1 aliphatic heterocycles. The van der Waals surface area contributed by atoms with Crippen molar-refractivity contribution in [2.24, 2.45) is 0 Å². The standard InChI is InChI=1S/C18H19N5O.3H2/c24-17-5-2-7-19-8-9-20-14-4-1-3-13(11-14)15-12-21-23-10-6-16(17)22-18(15)23;;;/h1,3-4,6,10-12,19-20H,2,5,7-9H2;3*1H. The molecule has 0 amide bonds. The van der Waals surface area contributed by atoms with E-state index in [1.807, 2.05) is 12.1 Å². The number of hydrogen-bond acceptors (Lipinski definition) is 5. The molecular weight excluding hydrogens is 302 g/mol. The largest absolute Gasteiger partial charge is 0.384 e. The highest BCUT2D eigenvalue weighted by Crippen LogP contribution is 2.26. The van der Waals surface area contributed by atoms with Crippen LogP contribution in [0.15, 0.2) is 42.7 Å². The Labute approximate surface area is 144 Å². The van der Waals surface area contributed by atoms with Crippen molar-refractivity contribution in [3.8, 4) is 11.1 Å². The lowest BCUT2D eigenvalue weighted by molar-refractivity contribution is 0.0975. The maximum Gasteiger partial charge on any atom is 0.181 e. The number of hydrogen-bond donors (Lipinski definition) is 2. The average Bonchev–Trinajstić information content (AvgIpc) is 3.03. The van der Waals surface area contributed by atoms with E-state index in [4.69, 9.17) is 0 Å². The normalized spacial score (nSPS) is 15.8. The van der Waals surface area contributed by atoms with Crippen LogP contribution in [0.5, 0.6) is 0 Å². The Bertz CT molecular complexity index is 900. The predicted octanol–water partition coefficient (Wildman–Crippen LogP) is 3.11. The number of rotatable bonds is 0. The molecule has 3 aromatic rings. The number of fused-ring (bicyclic) bond motifs is 4. The van der Waals surface area contributed by atoms with Crippen LogP contribution in [0.25, 0.3) is 16.8 Å². The van der Waals surface area contributed by atoms with Crippen LogP contribution < -0.4 is 10.6 Å². The minimum absolute atomic E-state index is 0. The van der Waals surface area contributed by atoms with Gasteiger partial charge in [0, 0.05) is 41.2 Å². The van der Waals surface area contributed by atoms with Crippen LogP contribution in [-0.2, 0) is 0 Å². The highest BCUT2D eigenvalue weighted by atomic mass is 16.1. The summed E-state index contributed by atoms with van der Waals surface area (Å²) < 4.78 is 1.71. The number of carbonyl (C=O) groups is 1. The zero-order valence-electron chi connectivity index (χ0n) is 13.3. The number of ketones is 1. The van der Waals surface area contributed by atoms with Crippen molar-refractivity contribution >= 4 is 17.1 Å². The fourth-order valence-corrected chi connectivity index (χ4v) is 2.95. The van der Waals surface area contributed by atoms with E-state index in [1.165, 1.54) is 0 Å². The molecule has 0 atom stereocenters. The Kier molecular flexibility index (Phi) is 3.96. The smallest absolute Gasteiger partial charge is 0.181 e. The summed E-state index contributed by atoms with van der Waals surface area (Å²) in [6, 6.07) is 9.94. The molecule has 0 radical (unpaired) electrons. The molecule has 24 heavy (non-hydrogen) atoms. The van der Waals surface area contributed by atoms with Gasteiger partial charge in [0.05, 0.1) is 6.20 Å². The van der Waals surface area contributed by atoms with Crippen LogP contribution in [-0.4, -0.2) is 40.0 Å². The zero-order valence-corrected chi connectivity index (χ0v) is 13.3. The summed E-state index contributed by atoms with van der Waals surface area (Å²) in [7, 11) is 0. The molecule has 2 aromatic heterocycles. The van der Waals surface area contributed by atoms with Crippen molar-refractivity contribution in [2.75, 3.05) is 25.0 Å². The second-order valence-electron chi connectivity index (χ2n) is 5.92. The highest BCUT2D eigenvalue weighted by molar-refractivity contribution is 5.95. The van der Waals surface area contributed by atoms with Gasteiger partial charge in [0.2, 0.25) is 0 Å². The molecule has 0 aliphatic carbocycles. The van der Waals surface area contributed by atoms with Crippen molar-refractivity contribution in [3.63, 3.8) is 0 Å². The number of anilines is 1. The summed E-state index contributed by atoms with van der Waals surface area (Å²) in [5.41, 5.74) is 4.26. The van der Waals surface area contributed by atoms with Crippen molar-refractivity contribution < 1.29 is 9.07 Å². The molecule has 0 saturated carbocycles. The van der Waals surface area contributed by atoms with Crippen molar-refractivity contribution in [3.05, 3.63) is 48.4 Å². The molecule has 6 heteroatoms. The third-order valence-electron chi connectivity index (χ3n) is 4.22. The van der Waals surface area contributed by atoms with Gasteiger partial charge in [-0.15, -0.1) is 0 Å². The van der Waals surface area contributed by atoms with E-state index in [1.54, 1.807) is 23.0 Å². The number of aromatic nitrogens is 3. The van der Waals surface area contributed by atoms with E-state index < -0.39 is 0 Å². The van der Waals surface area contributed by atoms with Crippen LogP contribution >= 0.6 is 0 Å². The first-order valence-electron chi connectivity index (χ1n) is 8.24. The maximum atomic E-state index is 12.4. The van der Waals surface area contributed by atoms with E-state index in [0.717, 1.165) is 42.9 Å². The van der Waals surface area contributed by atoms with Gasteiger partial charge in [-0.1, -0.05) is 12.1 Å². The topological polar surface area (TPSA) is 71.3 Å². The van der Waals surface area contributed by atoms with Gasteiger partial charge in [-0.2, -0.15) is 5.10 Å². The van der Waals surface area contributed by atoms with Gasteiger partial charge in [0.1, 0.15) is 5.69 Å². The summed E-state index contributed by atoms with van der Waals surface area (Å²) >= 11 is 0. The van der Waals surface area contributed by atoms with Gasteiger partial charge in [-0.05, 0) is 36.7 Å². The van der Waals surface area contributed by atoms with Gasteiger partial charge in [0.25, 0.3) is 0 Å². The first-order valence-corrected chi connectivity index (χ1v) is 8.24. The van der Waals surface area contributed by atoms with Gasteiger partial charge in [0.15, 0.2) is 11.4 Å². The molecule has 128 valence electrons. The molecule has 4 rings (SSSR count). The number of nitrogens with one attached hydrogen (secondary N) is 2. The highest BCUT2D eigenvalue weighted by Gasteiger charge is 2.13. The maximum absolute atomic E-state index is 12.4. The summed E-state index contributed by atoms with van der Waals surface area (Å²) in [6.45, 7) is 2.53. The molecule has 4 bridgehead atoms. The summed E-state index contributed by atoms with van der Waals surface area (Å²) in [6.07, 6.45) is 4.92. The number of carbonyl (C=O) groups excluding carboxylic acids is 1. The van der Waals surface area contributed by atoms with E-state index >= 15 is 0 Å². The predicted molar refractivity (Wildman–Crippen MR) is 99.7 cm³/mol. The SMILES string of the molecule is O=C1CCCNCCNc2cccc(c2)-c2cnn3ccc1nc23.[HH].[HH].[HH]. The van der Waals surface area contributed by atoms with Crippen LogP contribution in [0.4, 0.5) is 5.69 Å². The quantitative estimate of drug-likeness (QED) is 0.664. The Morgan fingerprint density at radius 1 is 1.17 bits per heavy atom. The molecule has 0 saturated heterocycles. The van der Waals surface area contributed by atoms with Gasteiger partial charge in [-0.25, -0.2) is 9.50 Å². The minimum Gasteiger partial charge on any atom is -0.384 e. The molecule has 3 heterocycles. The number of benzene rings is 1. The van der Waals surface area contributed by atoms with Gasteiger partial charge in [-0.3, -0.25) is 4.79 Å².